The minimum atomic E-state index is -0.887. The number of hydrogen-bond donors (Lipinski definition) is 1. The summed E-state index contributed by atoms with van der Waals surface area (Å²) in [6.45, 7) is 7.24. The number of carbonyl (C=O) groups is 2. The Labute approximate surface area is 201 Å². The Balaban J connectivity index is 1.42. The average Bonchev–Trinajstić information content (AvgIpc) is 3.41. The molecule has 0 radical (unpaired) electrons. The molecular formula is C26H35FN4O3. The maximum Gasteiger partial charge on any atom is 0.411 e. The number of nitriles is 1. The van der Waals surface area contributed by atoms with Crippen molar-refractivity contribution in [1.82, 2.24) is 10.2 Å². The summed E-state index contributed by atoms with van der Waals surface area (Å²) in [4.78, 5) is 29.8. The van der Waals surface area contributed by atoms with Crippen LogP contribution in [-0.4, -0.2) is 53.7 Å². The molecular weight excluding hydrogens is 435 g/mol. The largest absolute Gasteiger partial charge is 0.444 e. The van der Waals surface area contributed by atoms with E-state index in [1.165, 1.54) is 12.5 Å². The number of nitrogens with zero attached hydrogens (tertiary/aromatic N) is 3. The van der Waals surface area contributed by atoms with Gasteiger partial charge < -0.3 is 15.0 Å². The molecule has 34 heavy (non-hydrogen) atoms. The molecule has 2 aliphatic heterocycles. The summed E-state index contributed by atoms with van der Waals surface area (Å²) in [5.41, 5.74) is 0.588. The molecule has 1 N–H and O–H groups in total. The number of rotatable bonds is 5. The van der Waals surface area contributed by atoms with Crippen LogP contribution in [0, 0.1) is 23.1 Å². The highest BCUT2D eigenvalue weighted by atomic mass is 19.1. The Morgan fingerprint density at radius 3 is 2.62 bits per heavy atom. The number of carbonyl (C=O) groups excluding carboxylic acids is 2. The third kappa shape index (κ3) is 5.29. The van der Waals surface area contributed by atoms with Crippen molar-refractivity contribution in [1.29, 1.82) is 5.26 Å². The molecule has 2 bridgehead atoms. The average molecular weight is 471 g/mol. The lowest BCUT2D eigenvalue weighted by atomic mass is 9.97. The fourth-order valence-electron chi connectivity index (χ4n) is 5.56. The van der Waals surface area contributed by atoms with Gasteiger partial charge in [0.2, 0.25) is 5.91 Å². The van der Waals surface area contributed by atoms with Gasteiger partial charge in [0.1, 0.15) is 23.5 Å². The molecule has 1 aromatic rings. The van der Waals surface area contributed by atoms with Crippen LogP contribution in [0.2, 0.25) is 0 Å². The van der Waals surface area contributed by atoms with E-state index in [0.29, 0.717) is 5.56 Å². The molecule has 0 aromatic heterocycles. The number of halogens is 1. The minimum Gasteiger partial charge on any atom is -0.444 e. The summed E-state index contributed by atoms with van der Waals surface area (Å²) < 4.78 is 20.4. The molecule has 1 aromatic carbocycles. The van der Waals surface area contributed by atoms with Gasteiger partial charge >= 0.3 is 6.09 Å². The van der Waals surface area contributed by atoms with Crippen LogP contribution in [0.15, 0.2) is 18.2 Å². The maximum absolute atomic E-state index is 14.9. The zero-order chi connectivity index (χ0) is 24.5. The summed E-state index contributed by atoms with van der Waals surface area (Å²) >= 11 is 0. The number of ether oxygens (including phenoxy) is 1. The maximum atomic E-state index is 14.9. The SMILES string of the molecule is CC(C)(C)OC(=O)N1[C@@H]2CC[C@@H](C2)[C@H]1C(=O)N[C@H](C#N)Cc1ccc(N2CCCCC2)cc1F. The second-order valence-corrected chi connectivity index (χ2v) is 10.8. The normalized spacial score (nSPS) is 25.1. The van der Waals surface area contributed by atoms with Gasteiger partial charge in [-0.1, -0.05) is 6.07 Å². The zero-order valence-corrected chi connectivity index (χ0v) is 20.3. The molecule has 2 amide bonds. The molecule has 3 fully saturated rings. The van der Waals surface area contributed by atoms with Crippen LogP contribution in [0.5, 0.6) is 0 Å². The molecule has 8 heteroatoms. The number of amides is 2. The summed E-state index contributed by atoms with van der Waals surface area (Å²) in [5, 5.41) is 12.5. The van der Waals surface area contributed by atoms with Crippen molar-refractivity contribution in [3.8, 4) is 6.07 Å². The predicted octanol–water partition coefficient (Wildman–Crippen LogP) is 4.15. The second kappa shape index (κ2) is 9.81. The lowest BCUT2D eigenvalue weighted by Gasteiger charge is -2.35. The van der Waals surface area contributed by atoms with Gasteiger partial charge in [0.25, 0.3) is 0 Å². The van der Waals surface area contributed by atoms with E-state index < -0.39 is 23.8 Å². The lowest BCUT2D eigenvalue weighted by molar-refractivity contribution is -0.128. The van der Waals surface area contributed by atoms with Crippen LogP contribution in [0.25, 0.3) is 0 Å². The van der Waals surface area contributed by atoms with Crippen LogP contribution in [0.1, 0.15) is 64.9 Å². The highest BCUT2D eigenvalue weighted by Gasteiger charge is 2.52. The smallest absolute Gasteiger partial charge is 0.411 e. The molecule has 4 rings (SSSR count). The first-order valence-corrected chi connectivity index (χ1v) is 12.4. The summed E-state index contributed by atoms with van der Waals surface area (Å²) in [7, 11) is 0. The third-order valence-electron chi connectivity index (χ3n) is 7.11. The van der Waals surface area contributed by atoms with Crippen molar-refractivity contribution < 1.29 is 18.7 Å². The van der Waals surface area contributed by atoms with Gasteiger partial charge in [-0.2, -0.15) is 5.26 Å². The van der Waals surface area contributed by atoms with Gasteiger partial charge in [-0.3, -0.25) is 9.69 Å². The van der Waals surface area contributed by atoms with Crippen LogP contribution in [-0.2, 0) is 16.0 Å². The molecule has 1 saturated carbocycles. The van der Waals surface area contributed by atoms with Crippen molar-refractivity contribution in [3.05, 3.63) is 29.6 Å². The van der Waals surface area contributed by atoms with E-state index >= 15 is 0 Å². The first-order chi connectivity index (χ1) is 16.2. The number of piperidine rings is 2. The Hall–Kier alpha value is -2.82. The number of fused-ring (bicyclic) bond motifs is 2. The van der Waals surface area contributed by atoms with E-state index in [9.17, 15) is 19.2 Å². The number of hydrogen-bond acceptors (Lipinski definition) is 5. The van der Waals surface area contributed by atoms with Crippen LogP contribution >= 0.6 is 0 Å². The van der Waals surface area contributed by atoms with Crippen molar-refractivity contribution >= 4 is 17.7 Å². The molecule has 2 heterocycles. The Kier molecular flexibility index (Phi) is 7.01. The minimum absolute atomic E-state index is 0.0177. The summed E-state index contributed by atoms with van der Waals surface area (Å²) in [5.74, 6) is -0.680. The molecule has 4 atom stereocenters. The molecule has 2 saturated heterocycles. The first kappa shape index (κ1) is 24.3. The van der Waals surface area contributed by atoms with E-state index in [1.807, 2.05) is 6.07 Å². The Morgan fingerprint density at radius 2 is 1.97 bits per heavy atom. The molecule has 1 aliphatic carbocycles. The zero-order valence-electron chi connectivity index (χ0n) is 20.3. The van der Waals surface area contributed by atoms with Gasteiger partial charge in [-0.15, -0.1) is 0 Å². The van der Waals surface area contributed by atoms with E-state index in [1.54, 1.807) is 31.7 Å². The fourth-order valence-corrected chi connectivity index (χ4v) is 5.56. The second-order valence-electron chi connectivity index (χ2n) is 10.8. The number of benzene rings is 1. The fraction of sp³-hybridized carbons (Fsp3) is 0.654. The Bertz CT molecular complexity index is 964. The van der Waals surface area contributed by atoms with Gasteiger partial charge in [-0.05, 0) is 82.9 Å². The number of likely N-dealkylation sites (tertiary alicyclic amines) is 1. The standard InChI is InChI=1S/C26H35FN4O3/c1-26(2,3)34-25(33)31-21-10-8-18(14-21)23(31)24(32)29-19(16-28)13-17-7-9-20(15-22(17)27)30-11-5-4-6-12-30/h7,9,15,18-19,21,23H,4-6,8,10-14H2,1-3H3,(H,29,32)/t18-,19-,21+,23-/m0/s1. The highest BCUT2D eigenvalue weighted by Crippen LogP contribution is 2.43. The van der Waals surface area contributed by atoms with Crippen molar-refractivity contribution in [2.75, 3.05) is 18.0 Å². The van der Waals surface area contributed by atoms with E-state index in [2.05, 4.69) is 16.3 Å². The Morgan fingerprint density at radius 1 is 1.24 bits per heavy atom. The van der Waals surface area contributed by atoms with Crippen LogP contribution in [0.4, 0.5) is 14.9 Å². The number of nitrogens with one attached hydrogen (secondary N) is 1. The number of anilines is 1. The van der Waals surface area contributed by atoms with Gasteiger partial charge in [0.15, 0.2) is 0 Å². The monoisotopic (exact) mass is 470 g/mol. The van der Waals surface area contributed by atoms with Gasteiger partial charge in [0, 0.05) is 31.2 Å². The van der Waals surface area contributed by atoms with Crippen LogP contribution < -0.4 is 10.2 Å². The van der Waals surface area contributed by atoms with Crippen molar-refractivity contribution in [2.45, 2.75) is 89.4 Å². The van der Waals surface area contributed by atoms with E-state index in [-0.39, 0.29) is 30.1 Å². The predicted molar refractivity (Wildman–Crippen MR) is 127 cm³/mol. The summed E-state index contributed by atoms with van der Waals surface area (Å²) in [6, 6.07) is 5.65. The topological polar surface area (TPSA) is 85.7 Å². The third-order valence-corrected chi connectivity index (χ3v) is 7.11. The van der Waals surface area contributed by atoms with Crippen LogP contribution in [0.3, 0.4) is 0 Å². The lowest BCUT2D eigenvalue weighted by Crippen LogP contribution is -2.55. The molecule has 3 aliphatic rings. The quantitative estimate of drug-likeness (QED) is 0.699. The first-order valence-electron chi connectivity index (χ1n) is 12.4. The highest BCUT2D eigenvalue weighted by molar-refractivity contribution is 5.87. The molecule has 0 unspecified atom stereocenters. The van der Waals surface area contributed by atoms with E-state index in [4.69, 9.17) is 4.74 Å². The van der Waals surface area contributed by atoms with Crippen molar-refractivity contribution in [2.24, 2.45) is 5.92 Å². The molecule has 184 valence electrons. The molecule has 0 spiro atoms. The summed E-state index contributed by atoms with van der Waals surface area (Å²) in [6.07, 6.45) is 5.48. The van der Waals surface area contributed by atoms with E-state index in [0.717, 1.165) is 50.9 Å². The molecule has 7 nitrogen and oxygen atoms in total. The van der Waals surface area contributed by atoms with Gasteiger partial charge in [-0.25, -0.2) is 9.18 Å². The van der Waals surface area contributed by atoms with Gasteiger partial charge in [0.05, 0.1) is 6.07 Å². The van der Waals surface area contributed by atoms with Crippen molar-refractivity contribution in [3.63, 3.8) is 0 Å².